The van der Waals surface area contributed by atoms with Crippen LogP contribution in [0, 0.1) is 5.92 Å². The molecular weight excluding hydrogens is 252 g/mol. The van der Waals surface area contributed by atoms with Crippen molar-refractivity contribution >= 4 is 5.97 Å². The summed E-state index contributed by atoms with van der Waals surface area (Å²) in [6, 6.07) is 5.75. The monoisotopic (exact) mass is 276 g/mol. The molecule has 0 unspecified atom stereocenters. The summed E-state index contributed by atoms with van der Waals surface area (Å²) in [6.45, 7) is 2.23. The van der Waals surface area contributed by atoms with Crippen molar-refractivity contribution in [1.29, 1.82) is 0 Å². The molecular formula is C17H24O3. The zero-order valence-electron chi connectivity index (χ0n) is 12.5. The first-order valence-corrected chi connectivity index (χ1v) is 7.58. The SMILES string of the molecule is CCOC(=O)c1cc(OC)ccc1CC1CCCCC1. The van der Waals surface area contributed by atoms with Crippen LogP contribution in [0.3, 0.4) is 0 Å². The highest BCUT2D eigenvalue weighted by Crippen LogP contribution is 2.29. The van der Waals surface area contributed by atoms with Crippen LogP contribution in [-0.2, 0) is 11.2 Å². The molecule has 0 amide bonds. The number of methoxy groups -OCH3 is 1. The van der Waals surface area contributed by atoms with Crippen molar-refractivity contribution in [2.45, 2.75) is 45.4 Å². The van der Waals surface area contributed by atoms with Gasteiger partial charge in [0, 0.05) is 0 Å². The average Bonchev–Trinajstić information content (AvgIpc) is 2.49. The fourth-order valence-electron chi connectivity index (χ4n) is 2.96. The minimum Gasteiger partial charge on any atom is -0.497 e. The summed E-state index contributed by atoms with van der Waals surface area (Å²) in [5.74, 6) is 1.17. The number of hydrogen-bond donors (Lipinski definition) is 0. The molecule has 0 N–H and O–H groups in total. The van der Waals surface area contributed by atoms with Crippen molar-refractivity contribution in [3.8, 4) is 5.75 Å². The van der Waals surface area contributed by atoms with Gasteiger partial charge in [-0.1, -0.05) is 38.2 Å². The Morgan fingerprint density at radius 2 is 2.00 bits per heavy atom. The predicted octanol–water partition coefficient (Wildman–Crippen LogP) is 3.99. The smallest absolute Gasteiger partial charge is 0.338 e. The Kier molecular flexibility index (Phi) is 5.45. The lowest BCUT2D eigenvalue weighted by Gasteiger charge is -2.22. The Labute approximate surface area is 121 Å². The standard InChI is InChI=1S/C17H24O3/c1-3-20-17(18)16-12-15(19-2)10-9-14(16)11-13-7-5-4-6-8-13/h9-10,12-13H,3-8,11H2,1-2H3. The summed E-state index contributed by atoms with van der Waals surface area (Å²) in [5.41, 5.74) is 1.76. The van der Waals surface area contributed by atoms with Gasteiger partial charge < -0.3 is 9.47 Å². The molecule has 0 saturated heterocycles. The molecule has 0 spiro atoms. The zero-order chi connectivity index (χ0) is 14.4. The molecule has 0 aromatic heterocycles. The van der Waals surface area contributed by atoms with Crippen LogP contribution >= 0.6 is 0 Å². The van der Waals surface area contributed by atoms with E-state index in [0.29, 0.717) is 23.8 Å². The first kappa shape index (κ1) is 14.9. The lowest BCUT2D eigenvalue weighted by Crippen LogP contribution is -2.14. The predicted molar refractivity (Wildman–Crippen MR) is 79.2 cm³/mol. The van der Waals surface area contributed by atoms with Gasteiger partial charge in [0.1, 0.15) is 5.75 Å². The van der Waals surface area contributed by atoms with E-state index in [4.69, 9.17) is 9.47 Å². The Hall–Kier alpha value is -1.51. The van der Waals surface area contributed by atoms with E-state index >= 15 is 0 Å². The molecule has 3 heteroatoms. The topological polar surface area (TPSA) is 35.5 Å². The summed E-state index contributed by atoms with van der Waals surface area (Å²) in [5, 5.41) is 0. The van der Waals surface area contributed by atoms with Crippen LogP contribution in [0.5, 0.6) is 5.75 Å². The van der Waals surface area contributed by atoms with E-state index in [9.17, 15) is 4.79 Å². The highest BCUT2D eigenvalue weighted by Gasteiger charge is 2.19. The van der Waals surface area contributed by atoms with E-state index in [1.54, 1.807) is 13.2 Å². The van der Waals surface area contributed by atoms with Crippen molar-refractivity contribution in [2.75, 3.05) is 13.7 Å². The second-order valence-electron chi connectivity index (χ2n) is 5.45. The van der Waals surface area contributed by atoms with Gasteiger partial charge in [0.05, 0.1) is 19.3 Å². The minimum absolute atomic E-state index is 0.239. The number of hydrogen-bond acceptors (Lipinski definition) is 3. The summed E-state index contributed by atoms with van der Waals surface area (Å²) < 4.78 is 10.4. The average molecular weight is 276 g/mol. The van der Waals surface area contributed by atoms with E-state index < -0.39 is 0 Å². The van der Waals surface area contributed by atoms with Crippen LogP contribution in [0.25, 0.3) is 0 Å². The van der Waals surface area contributed by atoms with Crippen LogP contribution in [0.15, 0.2) is 18.2 Å². The Bertz CT molecular complexity index is 448. The molecule has 0 heterocycles. The number of ether oxygens (including phenoxy) is 2. The quantitative estimate of drug-likeness (QED) is 0.763. The minimum atomic E-state index is -0.239. The second-order valence-corrected chi connectivity index (χ2v) is 5.45. The Balaban J connectivity index is 2.18. The van der Waals surface area contributed by atoms with Crippen LogP contribution in [0.4, 0.5) is 0 Å². The first-order valence-electron chi connectivity index (χ1n) is 7.58. The molecule has 1 saturated carbocycles. The molecule has 20 heavy (non-hydrogen) atoms. The second kappa shape index (κ2) is 7.32. The number of carbonyl (C=O) groups excluding carboxylic acids is 1. The van der Waals surface area contributed by atoms with E-state index in [0.717, 1.165) is 12.0 Å². The van der Waals surface area contributed by atoms with E-state index in [2.05, 4.69) is 0 Å². The molecule has 2 rings (SSSR count). The maximum absolute atomic E-state index is 12.1. The highest BCUT2D eigenvalue weighted by atomic mass is 16.5. The molecule has 0 aliphatic heterocycles. The van der Waals surface area contributed by atoms with Crippen LogP contribution in [-0.4, -0.2) is 19.7 Å². The fraction of sp³-hybridized carbons (Fsp3) is 0.588. The summed E-state index contributed by atoms with van der Waals surface area (Å²) in [7, 11) is 1.62. The molecule has 1 aliphatic carbocycles. The summed E-state index contributed by atoms with van der Waals surface area (Å²) in [4.78, 5) is 12.1. The Morgan fingerprint density at radius 1 is 1.25 bits per heavy atom. The first-order chi connectivity index (χ1) is 9.74. The molecule has 3 nitrogen and oxygen atoms in total. The fourth-order valence-corrected chi connectivity index (χ4v) is 2.96. The van der Waals surface area contributed by atoms with Gasteiger partial charge in [-0.3, -0.25) is 0 Å². The zero-order valence-corrected chi connectivity index (χ0v) is 12.5. The van der Waals surface area contributed by atoms with Crippen molar-refractivity contribution in [3.05, 3.63) is 29.3 Å². The molecule has 1 fully saturated rings. The molecule has 0 radical (unpaired) electrons. The third-order valence-corrected chi connectivity index (χ3v) is 4.05. The lowest BCUT2D eigenvalue weighted by molar-refractivity contribution is 0.0524. The Morgan fingerprint density at radius 3 is 2.65 bits per heavy atom. The third-order valence-electron chi connectivity index (χ3n) is 4.05. The molecule has 1 aliphatic rings. The molecule has 0 atom stereocenters. The van der Waals surface area contributed by atoms with Gasteiger partial charge in [0.25, 0.3) is 0 Å². The van der Waals surface area contributed by atoms with Crippen molar-refractivity contribution in [2.24, 2.45) is 5.92 Å². The van der Waals surface area contributed by atoms with Crippen molar-refractivity contribution < 1.29 is 14.3 Å². The number of esters is 1. The van der Waals surface area contributed by atoms with Crippen LogP contribution in [0.1, 0.15) is 54.9 Å². The van der Waals surface area contributed by atoms with Gasteiger partial charge >= 0.3 is 5.97 Å². The molecule has 0 bridgehead atoms. The van der Waals surface area contributed by atoms with E-state index in [1.807, 2.05) is 19.1 Å². The van der Waals surface area contributed by atoms with Crippen molar-refractivity contribution in [3.63, 3.8) is 0 Å². The largest absolute Gasteiger partial charge is 0.497 e. The summed E-state index contributed by atoms with van der Waals surface area (Å²) in [6.07, 6.45) is 7.50. The summed E-state index contributed by atoms with van der Waals surface area (Å²) >= 11 is 0. The van der Waals surface area contributed by atoms with Crippen LogP contribution < -0.4 is 4.74 Å². The number of benzene rings is 1. The molecule has 110 valence electrons. The van der Waals surface area contributed by atoms with Crippen LogP contribution in [0.2, 0.25) is 0 Å². The maximum atomic E-state index is 12.1. The highest BCUT2D eigenvalue weighted by molar-refractivity contribution is 5.91. The lowest BCUT2D eigenvalue weighted by atomic mass is 9.84. The number of rotatable bonds is 5. The van der Waals surface area contributed by atoms with E-state index in [1.165, 1.54) is 32.1 Å². The van der Waals surface area contributed by atoms with Gasteiger partial charge in [-0.05, 0) is 37.0 Å². The van der Waals surface area contributed by atoms with Crippen molar-refractivity contribution in [1.82, 2.24) is 0 Å². The normalized spacial score (nSPS) is 15.9. The maximum Gasteiger partial charge on any atom is 0.338 e. The van der Waals surface area contributed by atoms with Gasteiger partial charge in [-0.25, -0.2) is 4.79 Å². The molecule has 1 aromatic rings. The molecule has 1 aromatic carbocycles. The third kappa shape index (κ3) is 3.75. The van der Waals surface area contributed by atoms with Gasteiger partial charge in [0.15, 0.2) is 0 Å². The van der Waals surface area contributed by atoms with Gasteiger partial charge in [0.2, 0.25) is 0 Å². The number of carbonyl (C=O) groups is 1. The van der Waals surface area contributed by atoms with Gasteiger partial charge in [-0.15, -0.1) is 0 Å². The van der Waals surface area contributed by atoms with E-state index in [-0.39, 0.29) is 5.97 Å². The van der Waals surface area contributed by atoms with Gasteiger partial charge in [-0.2, -0.15) is 0 Å².